The highest BCUT2D eigenvalue weighted by Gasteiger charge is 2.13. The van der Waals surface area contributed by atoms with Crippen LogP contribution in [-0.2, 0) is 5.41 Å². The SMILES string of the molecule is CC(C)(C)c1cccc(N=c2ccn3nc/c(=C/c4[nH]c(=O)[nH]c4O)c3n2)c1. The smallest absolute Gasteiger partial charge is 0.326 e. The van der Waals surface area contributed by atoms with Crippen molar-refractivity contribution in [1.29, 1.82) is 0 Å². The number of aromatic nitrogens is 5. The summed E-state index contributed by atoms with van der Waals surface area (Å²) in [5.41, 5.74) is 2.94. The molecule has 0 atom stereocenters. The van der Waals surface area contributed by atoms with Gasteiger partial charge in [0.25, 0.3) is 0 Å². The Labute approximate surface area is 159 Å². The second-order valence-electron chi connectivity index (χ2n) is 7.55. The molecule has 0 radical (unpaired) electrons. The van der Waals surface area contributed by atoms with Crippen LogP contribution in [0.25, 0.3) is 11.7 Å². The van der Waals surface area contributed by atoms with E-state index >= 15 is 0 Å². The van der Waals surface area contributed by atoms with Gasteiger partial charge in [-0.05, 0) is 29.2 Å². The summed E-state index contributed by atoms with van der Waals surface area (Å²) in [5.74, 6) is -0.232. The molecular formula is C20H20N6O2. The van der Waals surface area contributed by atoms with E-state index in [0.717, 1.165) is 5.69 Å². The number of aromatic amines is 2. The Morgan fingerprint density at radius 1 is 1.21 bits per heavy atom. The minimum absolute atomic E-state index is 0.0337. The maximum absolute atomic E-state index is 11.3. The van der Waals surface area contributed by atoms with E-state index in [0.29, 0.717) is 16.4 Å². The molecule has 142 valence electrons. The highest BCUT2D eigenvalue weighted by Crippen LogP contribution is 2.25. The third-order valence-electron chi connectivity index (χ3n) is 4.37. The zero-order valence-corrected chi connectivity index (χ0v) is 15.8. The molecule has 0 bridgehead atoms. The van der Waals surface area contributed by atoms with Crippen LogP contribution in [0.1, 0.15) is 32.0 Å². The molecule has 0 saturated heterocycles. The van der Waals surface area contributed by atoms with Crippen molar-refractivity contribution in [3.05, 3.63) is 75.2 Å². The summed E-state index contributed by atoms with van der Waals surface area (Å²) in [6, 6.07) is 9.85. The van der Waals surface area contributed by atoms with E-state index in [4.69, 9.17) is 0 Å². The third-order valence-corrected chi connectivity index (χ3v) is 4.37. The van der Waals surface area contributed by atoms with Gasteiger partial charge >= 0.3 is 5.69 Å². The molecule has 0 spiro atoms. The zero-order chi connectivity index (χ0) is 19.9. The zero-order valence-electron chi connectivity index (χ0n) is 15.8. The maximum Gasteiger partial charge on any atom is 0.326 e. The lowest BCUT2D eigenvalue weighted by Crippen LogP contribution is -2.13. The predicted octanol–water partition coefficient (Wildman–Crippen LogP) is 1.53. The quantitative estimate of drug-likeness (QED) is 0.492. The first-order valence-electron chi connectivity index (χ1n) is 8.82. The minimum atomic E-state index is -0.484. The molecule has 8 nitrogen and oxygen atoms in total. The van der Waals surface area contributed by atoms with Crippen LogP contribution < -0.4 is 16.4 Å². The Morgan fingerprint density at radius 3 is 2.75 bits per heavy atom. The number of fused-ring (bicyclic) bond motifs is 1. The molecule has 0 amide bonds. The van der Waals surface area contributed by atoms with Crippen molar-refractivity contribution in [2.75, 3.05) is 0 Å². The highest BCUT2D eigenvalue weighted by atomic mass is 16.3. The van der Waals surface area contributed by atoms with Crippen LogP contribution in [0.5, 0.6) is 5.88 Å². The topological polar surface area (TPSA) is 111 Å². The van der Waals surface area contributed by atoms with Crippen LogP contribution in [0.15, 0.2) is 52.5 Å². The van der Waals surface area contributed by atoms with Gasteiger partial charge in [0.05, 0.1) is 11.9 Å². The lowest BCUT2D eigenvalue weighted by molar-refractivity contribution is 0.454. The molecule has 3 aromatic heterocycles. The minimum Gasteiger partial charge on any atom is -0.493 e. The molecule has 3 N–H and O–H groups in total. The lowest BCUT2D eigenvalue weighted by atomic mass is 9.87. The average molecular weight is 376 g/mol. The lowest BCUT2D eigenvalue weighted by Gasteiger charge is -2.18. The van der Waals surface area contributed by atoms with Crippen LogP contribution in [0.3, 0.4) is 0 Å². The summed E-state index contributed by atoms with van der Waals surface area (Å²) < 4.78 is 1.61. The number of nitrogens with one attached hydrogen (secondary N) is 2. The van der Waals surface area contributed by atoms with Gasteiger partial charge in [-0.25, -0.2) is 19.3 Å². The second kappa shape index (κ2) is 6.49. The van der Waals surface area contributed by atoms with E-state index in [9.17, 15) is 9.90 Å². The van der Waals surface area contributed by atoms with Crippen molar-refractivity contribution < 1.29 is 5.11 Å². The number of rotatable bonds is 2. The van der Waals surface area contributed by atoms with Gasteiger partial charge in [-0.2, -0.15) is 5.10 Å². The first-order valence-corrected chi connectivity index (χ1v) is 8.82. The standard InChI is InChI=1S/C20H20N6O2/c1-20(2,3)13-5-4-6-14(10-13)22-16-7-8-26-17(24-16)12(11-21-26)9-15-18(27)25-19(28)23-15/h4-11,27H,1-3H3,(H2,23,25,28)/b12-9-,22-16?. The Morgan fingerprint density at radius 2 is 2.04 bits per heavy atom. The van der Waals surface area contributed by atoms with Crippen molar-refractivity contribution in [3.63, 3.8) is 0 Å². The van der Waals surface area contributed by atoms with Gasteiger partial charge in [-0.3, -0.25) is 4.98 Å². The molecule has 0 aliphatic carbocycles. The summed E-state index contributed by atoms with van der Waals surface area (Å²) >= 11 is 0. The number of hydrogen-bond acceptors (Lipinski definition) is 5. The van der Waals surface area contributed by atoms with Crippen LogP contribution >= 0.6 is 0 Å². The molecule has 4 aromatic rings. The Bertz CT molecular complexity index is 1340. The van der Waals surface area contributed by atoms with Gasteiger partial charge in [0.1, 0.15) is 5.69 Å². The second-order valence-corrected chi connectivity index (χ2v) is 7.55. The molecule has 0 aliphatic rings. The van der Waals surface area contributed by atoms with E-state index in [1.807, 2.05) is 12.1 Å². The fourth-order valence-electron chi connectivity index (χ4n) is 2.86. The molecule has 0 saturated carbocycles. The number of aromatic hydroxyl groups is 1. The number of imidazole rings is 1. The molecule has 1 aromatic carbocycles. The molecule has 0 unspecified atom stereocenters. The van der Waals surface area contributed by atoms with Crippen molar-refractivity contribution in [2.45, 2.75) is 26.2 Å². The van der Waals surface area contributed by atoms with Gasteiger partial charge in [0.15, 0.2) is 11.1 Å². The molecule has 28 heavy (non-hydrogen) atoms. The Hall–Kier alpha value is -3.68. The molecule has 0 fully saturated rings. The summed E-state index contributed by atoms with van der Waals surface area (Å²) in [4.78, 5) is 25.3. The molecular weight excluding hydrogens is 356 g/mol. The summed E-state index contributed by atoms with van der Waals surface area (Å²) in [6.07, 6.45) is 4.98. The van der Waals surface area contributed by atoms with E-state index in [2.05, 4.69) is 57.9 Å². The van der Waals surface area contributed by atoms with Crippen LogP contribution in [0.2, 0.25) is 0 Å². The first-order chi connectivity index (χ1) is 13.3. The molecule has 4 rings (SSSR count). The fraction of sp³-hybridized carbons (Fsp3) is 0.200. The van der Waals surface area contributed by atoms with Crippen molar-refractivity contribution in [1.82, 2.24) is 24.6 Å². The highest BCUT2D eigenvalue weighted by molar-refractivity contribution is 5.56. The van der Waals surface area contributed by atoms with Gasteiger partial charge in [-0.1, -0.05) is 32.9 Å². The van der Waals surface area contributed by atoms with Gasteiger partial charge in [0.2, 0.25) is 5.88 Å². The predicted molar refractivity (Wildman–Crippen MR) is 105 cm³/mol. The molecule has 0 aliphatic heterocycles. The third kappa shape index (κ3) is 3.44. The Balaban J connectivity index is 1.83. The normalized spacial score (nSPS) is 13.5. The van der Waals surface area contributed by atoms with Crippen molar-refractivity contribution in [2.24, 2.45) is 4.99 Å². The van der Waals surface area contributed by atoms with Gasteiger partial charge in [0, 0.05) is 17.5 Å². The van der Waals surface area contributed by atoms with Crippen LogP contribution in [0, 0.1) is 0 Å². The number of benzene rings is 1. The number of hydrogen-bond donors (Lipinski definition) is 3. The van der Waals surface area contributed by atoms with Crippen molar-refractivity contribution in [3.8, 4) is 5.88 Å². The summed E-state index contributed by atoms with van der Waals surface area (Å²) in [5, 5.41) is 14.6. The Kier molecular flexibility index (Phi) is 4.11. The molecule has 8 heteroatoms. The largest absolute Gasteiger partial charge is 0.493 e. The van der Waals surface area contributed by atoms with E-state index in [1.165, 1.54) is 5.56 Å². The summed E-state index contributed by atoms with van der Waals surface area (Å²) in [7, 11) is 0. The first kappa shape index (κ1) is 17.7. The summed E-state index contributed by atoms with van der Waals surface area (Å²) in [6.45, 7) is 6.47. The number of H-pyrrole nitrogens is 2. The fourth-order valence-corrected chi connectivity index (χ4v) is 2.86. The average Bonchev–Trinajstić information content (AvgIpc) is 3.17. The van der Waals surface area contributed by atoms with E-state index < -0.39 is 5.69 Å². The molecule has 3 heterocycles. The maximum atomic E-state index is 11.3. The van der Waals surface area contributed by atoms with E-state index in [1.54, 1.807) is 29.1 Å². The van der Waals surface area contributed by atoms with Gasteiger partial charge in [-0.15, -0.1) is 0 Å². The van der Waals surface area contributed by atoms with Crippen molar-refractivity contribution >= 4 is 17.4 Å². The van der Waals surface area contributed by atoms with Crippen LogP contribution in [0.4, 0.5) is 5.69 Å². The monoisotopic (exact) mass is 376 g/mol. The number of nitrogens with zero attached hydrogens (tertiary/aromatic N) is 4. The van der Waals surface area contributed by atoms with E-state index in [-0.39, 0.29) is 17.0 Å². The van der Waals surface area contributed by atoms with Crippen LogP contribution in [-0.4, -0.2) is 29.7 Å². The van der Waals surface area contributed by atoms with Gasteiger partial charge < -0.3 is 10.1 Å².